The third-order valence-corrected chi connectivity index (χ3v) is 4.09. The van der Waals surface area contributed by atoms with Gasteiger partial charge in [-0.2, -0.15) is 5.26 Å². The summed E-state index contributed by atoms with van der Waals surface area (Å²) in [5.41, 5.74) is 1.44. The molecule has 0 unspecified atom stereocenters. The van der Waals surface area contributed by atoms with Gasteiger partial charge in [0.25, 0.3) is 5.91 Å². The molecule has 2 heterocycles. The summed E-state index contributed by atoms with van der Waals surface area (Å²) in [5, 5.41) is 18.6. The van der Waals surface area contributed by atoms with Crippen LogP contribution in [0.2, 0.25) is 0 Å². The van der Waals surface area contributed by atoms with Gasteiger partial charge in [0.15, 0.2) is 0 Å². The van der Waals surface area contributed by atoms with Crippen LogP contribution in [0.1, 0.15) is 16.1 Å². The van der Waals surface area contributed by atoms with Gasteiger partial charge in [-0.1, -0.05) is 6.07 Å². The zero-order valence-electron chi connectivity index (χ0n) is 14.0. The number of carbonyl (C=O) groups is 2. The van der Waals surface area contributed by atoms with Crippen LogP contribution < -0.4 is 0 Å². The van der Waals surface area contributed by atoms with E-state index in [0.717, 1.165) is 0 Å². The Kier molecular flexibility index (Phi) is 5.15. The minimum atomic E-state index is -1.02. The number of rotatable bonds is 4. The summed E-state index contributed by atoms with van der Waals surface area (Å²) in [6.45, 7) is 1.84. The molecule has 0 atom stereocenters. The first-order valence-corrected chi connectivity index (χ1v) is 8.10. The number of benzene rings is 1. The fourth-order valence-electron chi connectivity index (χ4n) is 2.76. The highest BCUT2D eigenvalue weighted by Crippen LogP contribution is 2.18. The van der Waals surface area contributed by atoms with Gasteiger partial charge in [0.05, 0.1) is 18.8 Å². The highest BCUT2D eigenvalue weighted by molar-refractivity contribution is 6.01. The van der Waals surface area contributed by atoms with Gasteiger partial charge < -0.3 is 19.3 Å². The van der Waals surface area contributed by atoms with Crippen LogP contribution in [0.5, 0.6) is 0 Å². The Labute approximate surface area is 150 Å². The number of hydrogen-bond acceptors (Lipinski definition) is 4. The highest BCUT2D eigenvalue weighted by atomic mass is 16.5. The molecule has 0 radical (unpaired) electrons. The molecule has 0 aliphatic carbocycles. The molecule has 26 heavy (non-hydrogen) atoms. The molecular weight excluding hydrogens is 334 g/mol. The molecule has 1 aromatic carbocycles. The molecule has 7 heteroatoms. The summed E-state index contributed by atoms with van der Waals surface area (Å²) in [5.74, 6) is -1.35. The van der Waals surface area contributed by atoms with Crippen molar-refractivity contribution in [3.63, 3.8) is 0 Å². The van der Waals surface area contributed by atoms with E-state index >= 15 is 0 Å². The number of carboxylic acid groups (broad SMARTS) is 1. The average molecular weight is 351 g/mol. The van der Waals surface area contributed by atoms with Crippen LogP contribution in [0, 0.1) is 11.3 Å². The third kappa shape index (κ3) is 3.66. The van der Waals surface area contributed by atoms with Crippen molar-refractivity contribution in [2.45, 2.75) is 0 Å². The molecule has 2 aromatic rings. The van der Waals surface area contributed by atoms with Gasteiger partial charge in [-0.05, 0) is 36.4 Å². The van der Waals surface area contributed by atoms with Crippen LogP contribution in [0.3, 0.4) is 0 Å². The van der Waals surface area contributed by atoms with Gasteiger partial charge in [-0.3, -0.25) is 4.79 Å². The molecule has 1 amide bonds. The SMILES string of the molecule is N#C/C(=C/c1cccn1-c1cccc(C(=O)O)c1)C(=O)N1CCOCC1. The van der Waals surface area contributed by atoms with E-state index in [9.17, 15) is 14.9 Å². The van der Waals surface area contributed by atoms with E-state index < -0.39 is 5.97 Å². The van der Waals surface area contributed by atoms with Crippen molar-refractivity contribution in [2.24, 2.45) is 0 Å². The minimum Gasteiger partial charge on any atom is -0.478 e. The van der Waals surface area contributed by atoms with E-state index in [0.29, 0.717) is 37.7 Å². The summed E-state index contributed by atoms with van der Waals surface area (Å²) in [6.07, 6.45) is 3.27. The van der Waals surface area contributed by atoms with Crippen LogP contribution in [-0.4, -0.2) is 52.8 Å². The Bertz CT molecular complexity index is 902. The fourth-order valence-corrected chi connectivity index (χ4v) is 2.76. The maximum absolute atomic E-state index is 12.5. The number of carboxylic acids is 1. The number of nitriles is 1. The first-order chi connectivity index (χ1) is 12.6. The Morgan fingerprint density at radius 3 is 2.65 bits per heavy atom. The second-order valence-corrected chi connectivity index (χ2v) is 5.73. The quantitative estimate of drug-likeness (QED) is 0.671. The lowest BCUT2D eigenvalue weighted by Gasteiger charge is -2.26. The number of amides is 1. The number of hydrogen-bond donors (Lipinski definition) is 1. The number of morpholine rings is 1. The summed E-state index contributed by atoms with van der Waals surface area (Å²) >= 11 is 0. The van der Waals surface area contributed by atoms with Gasteiger partial charge in [0, 0.05) is 30.7 Å². The normalized spacial score (nSPS) is 14.7. The van der Waals surface area contributed by atoms with Gasteiger partial charge in [0.2, 0.25) is 0 Å². The largest absolute Gasteiger partial charge is 0.478 e. The predicted octanol–water partition coefficient (Wildman–Crippen LogP) is 1.94. The highest BCUT2D eigenvalue weighted by Gasteiger charge is 2.21. The van der Waals surface area contributed by atoms with Gasteiger partial charge in [0.1, 0.15) is 11.6 Å². The van der Waals surface area contributed by atoms with Gasteiger partial charge in [-0.15, -0.1) is 0 Å². The monoisotopic (exact) mass is 351 g/mol. The van der Waals surface area contributed by atoms with Gasteiger partial charge >= 0.3 is 5.97 Å². The number of aromatic nitrogens is 1. The van der Waals surface area contributed by atoms with Crippen molar-refractivity contribution >= 4 is 18.0 Å². The van der Waals surface area contributed by atoms with Crippen LogP contribution in [-0.2, 0) is 9.53 Å². The summed E-state index contributed by atoms with van der Waals surface area (Å²) in [7, 11) is 0. The second kappa shape index (κ2) is 7.68. The van der Waals surface area contributed by atoms with E-state index in [-0.39, 0.29) is 17.0 Å². The Morgan fingerprint density at radius 1 is 1.19 bits per heavy atom. The molecule has 1 saturated heterocycles. The lowest BCUT2D eigenvalue weighted by Crippen LogP contribution is -2.41. The van der Waals surface area contributed by atoms with Crippen LogP contribution in [0.15, 0.2) is 48.2 Å². The molecule has 1 N–H and O–H groups in total. The van der Waals surface area contributed by atoms with Crippen molar-refractivity contribution in [3.05, 3.63) is 59.4 Å². The van der Waals surface area contributed by atoms with Crippen molar-refractivity contribution in [1.29, 1.82) is 5.26 Å². The van der Waals surface area contributed by atoms with Crippen LogP contribution in [0.25, 0.3) is 11.8 Å². The summed E-state index contributed by atoms with van der Waals surface area (Å²) in [4.78, 5) is 25.3. The standard InChI is InChI=1S/C19H17N3O4/c20-13-15(18(23)21-7-9-26-10-8-21)12-17-5-2-6-22(17)16-4-1-3-14(11-16)19(24)25/h1-6,11-12H,7-10H2,(H,24,25)/b15-12-. The van der Waals surface area contributed by atoms with Crippen molar-refractivity contribution in [2.75, 3.05) is 26.3 Å². The average Bonchev–Trinajstić information content (AvgIpc) is 3.14. The molecule has 0 saturated carbocycles. The van der Waals surface area contributed by atoms with Crippen molar-refractivity contribution in [1.82, 2.24) is 9.47 Å². The molecule has 1 aromatic heterocycles. The first-order valence-electron chi connectivity index (χ1n) is 8.10. The lowest BCUT2D eigenvalue weighted by molar-refractivity contribution is -0.130. The molecule has 3 rings (SSSR count). The van der Waals surface area contributed by atoms with E-state index in [1.807, 2.05) is 6.07 Å². The van der Waals surface area contributed by atoms with E-state index in [4.69, 9.17) is 9.84 Å². The van der Waals surface area contributed by atoms with Crippen LogP contribution >= 0.6 is 0 Å². The third-order valence-electron chi connectivity index (χ3n) is 4.09. The molecule has 1 aliphatic rings. The maximum Gasteiger partial charge on any atom is 0.335 e. The number of carbonyl (C=O) groups excluding carboxylic acids is 1. The summed E-state index contributed by atoms with van der Waals surface area (Å²) < 4.78 is 6.96. The minimum absolute atomic E-state index is 0.0289. The van der Waals surface area contributed by atoms with E-state index in [1.54, 1.807) is 39.9 Å². The van der Waals surface area contributed by atoms with Crippen LogP contribution in [0.4, 0.5) is 0 Å². The van der Waals surface area contributed by atoms with Gasteiger partial charge in [-0.25, -0.2) is 4.79 Å². The predicted molar refractivity (Wildman–Crippen MR) is 93.7 cm³/mol. The molecule has 0 bridgehead atoms. The Hall–Kier alpha value is -3.37. The van der Waals surface area contributed by atoms with Crippen molar-refractivity contribution in [3.8, 4) is 11.8 Å². The molecule has 1 aliphatic heterocycles. The fraction of sp³-hybridized carbons (Fsp3) is 0.211. The molecule has 0 spiro atoms. The van der Waals surface area contributed by atoms with E-state index in [1.165, 1.54) is 18.2 Å². The number of nitrogens with zero attached hydrogens (tertiary/aromatic N) is 3. The molecule has 7 nitrogen and oxygen atoms in total. The summed E-state index contributed by atoms with van der Waals surface area (Å²) in [6, 6.07) is 12.0. The number of aromatic carboxylic acids is 1. The molecular formula is C19H17N3O4. The van der Waals surface area contributed by atoms with Crippen molar-refractivity contribution < 1.29 is 19.4 Å². The number of ether oxygens (including phenoxy) is 1. The van der Waals surface area contributed by atoms with E-state index in [2.05, 4.69) is 0 Å². The Morgan fingerprint density at radius 2 is 1.96 bits per heavy atom. The smallest absolute Gasteiger partial charge is 0.335 e. The lowest BCUT2D eigenvalue weighted by atomic mass is 10.1. The topological polar surface area (TPSA) is 95.6 Å². The first kappa shape index (κ1) is 17.5. The molecule has 1 fully saturated rings. The zero-order valence-corrected chi connectivity index (χ0v) is 14.0. The Balaban J connectivity index is 1.93. The molecule has 132 valence electrons. The second-order valence-electron chi connectivity index (χ2n) is 5.73. The maximum atomic E-state index is 12.5. The zero-order chi connectivity index (χ0) is 18.5.